The summed E-state index contributed by atoms with van der Waals surface area (Å²) in [6, 6.07) is 7.79. The highest BCUT2D eigenvalue weighted by Gasteiger charge is 2.23. The first-order chi connectivity index (χ1) is 8.20. The standard InChI is InChI=1S/C14H20N2O.ClH/c1-11-4-2-6-13(8-11)14(17)16-7-3-5-12(9-15)10-16;/h2,4,6,8,12H,3,5,7,9-10,15H2,1H3;1H. The molecule has 1 amide bonds. The van der Waals surface area contributed by atoms with E-state index in [4.69, 9.17) is 5.73 Å². The van der Waals surface area contributed by atoms with Crippen LogP contribution in [0, 0.1) is 12.8 Å². The molecular formula is C14H21ClN2O. The third-order valence-electron chi connectivity index (χ3n) is 3.40. The van der Waals surface area contributed by atoms with Crippen LogP contribution in [0.1, 0.15) is 28.8 Å². The smallest absolute Gasteiger partial charge is 0.253 e. The summed E-state index contributed by atoms with van der Waals surface area (Å²) in [5, 5.41) is 0. The van der Waals surface area contributed by atoms with E-state index in [1.165, 1.54) is 0 Å². The number of piperidine rings is 1. The van der Waals surface area contributed by atoms with E-state index in [9.17, 15) is 4.79 Å². The topological polar surface area (TPSA) is 46.3 Å². The number of amides is 1. The molecule has 0 aromatic heterocycles. The zero-order valence-corrected chi connectivity index (χ0v) is 11.6. The number of nitrogens with zero attached hydrogens (tertiary/aromatic N) is 1. The van der Waals surface area contributed by atoms with Crippen molar-refractivity contribution in [1.29, 1.82) is 0 Å². The molecule has 18 heavy (non-hydrogen) atoms. The third kappa shape index (κ3) is 3.47. The van der Waals surface area contributed by atoms with Crippen LogP contribution < -0.4 is 5.73 Å². The van der Waals surface area contributed by atoms with E-state index in [0.717, 1.165) is 37.1 Å². The van der Waals surface area contributed by atoms with Gasteiger partial charge in [-0.2, -0.15) is 0 Å². The van der Waals surface area contributed by atoms with E-state index in [2.05, 4.69) is 0 Å². The number of hydrogen-bond donors (Lipinski definition) is 1. The van der Waals surface area contributed by atoms with Crippen LogP contribution in [0.25, 0.3) is 0 Å². The van der Waals surface area contributed by atoms with Crippen molar-refractivity contribution in [2.24, 2.45) is 11.7 Å². The lowest BCUT2D eigenvalue weighted by molar-refractivity contribution is 0.0678. The summed E-state index contributed by atoms with van der Waals surface area (Å²) in [5.41, 5.74) is 7.61. The Labute approximate surface area is 115 Å². The van der Waals surface area contributed by atoms with Gasteiger partial charge >= 0.3 is 0 Å². The summed E-state index contributed by atoms with van der Waals surface area (Å²) >= 11 is 0. The third-order valence-corrected chi connectivity index (χ3v) is 3.40. The Kier molecular flexibility index (Phi) is 5.63. The average Bonchev–Trinajstić information content (AvgIpc) is 2.38. The molecule has 1 heterocycles. The molecule has 0 radical (unpaired) electrons. The van der Waals surface area contributed by atoms with Gasteiger partial charge in [0.2, 0.25) is 0 Å². The monoisotopic (exact) mass is 268 g/mol. The largest absolute Gasteiger partial charge is 0.338 e. The van der Waals surface area contributed by atoms with Gasteiger partial charge in [0, 0.05) is 18.7 Å². The Morgan fingerprint density at radius 2 is 2.28 bits per heavy atom. The fraction of sp³-hybridized carbons (Fsp3) is 0.500. The normalized spacial score (nSPS) is 19.2. The molecule has 2 N–H and O–H groups in total. The first-order valence-electron chi connectivity index (χ1n) is 6.26. The lowest BCUT2D eigenvalue weighted by atomic mass is 9.97. The summed E-state index contributed by atoms with van der Waals surface area (Å²) in [4.78, 5) is 14.2. The molecule has 0 bridgehead atoms. The number of halogens is 1. The van der Waals surface area contributed by atoms with Gasteiger partial charge in [0.25, 0.3) is 5.91 Å². The van der Waals surface area contributed by atoms with Crippen LogP contribution in [0.2, 0.25) is 0 Å². The van der Waals surface area contributed by atoms with Crippen molar-refractivity contribution < 1.29 is 4.79 Å². The molecule has 0 aliphatic carbocycles. The van der Waals surface area contributed by atoms with Gasteiger partial charge in [-0.1, -0.05) is 17.7 Å². The number of hydrogen-bond acceptors (Lipinski definition) is 2. The number of aryl methyl sites for hydroxylation is 1. The lowest BCUT2D eigenvalue weighted by Crippen LogP contribution is -2.42. The lowest BCUT2D eigenvalue weighted by Gasteiger charge is -2.32. The van der Waals surface area contributed by atoms with Crippen molar-refractivity contribution in [1.82, 2.24) is 4.90 Å². The predicted octanol–water partition coefficient (Wildman–Crippen LogP) is 2.23. The van der Waals surface area contributed by atoms with E-state index >= 15 is 0 Å². The van der Waals surface area contributed by atoms with Gasteiger partial charge in [-0.15, -0.1) is 12.4 Å². The molecule has 100 valence electrons. The van der Waals surface area contributed by atoms with Gasteiger partial charge in [0.15, 0.2) is 0 Å². The van der Waals surface area contributed by atoms with Crippen molar-refractivity contribution in [2.75, 3.05) is 19.6 Å². The minimum Gasteiger partial charge on any atom is -0.338 e. The molecule has 1 aliphatic heterocycles. The van der Waals surface area contributed by atoms with Crippen molar-refractivity contribution in [3.05, 3.63) is 35.4 Å². The van der Waals surface area contributed by atoms with Crippen LogP contribution in [-0.2, 0) is 0 Å². The highest BCUT2D eigenvalue weighted by Crippen LogP contribution is 2.18. The zero-order valence-electron chi connectivity index (χ0n) is 10.8. The van der Waals surface area contributed by atoms with Gasteiger partial charge in [-0.25, -0.2) is 0 Å². The van der Waals surface area contributed by atoms with E-state index in [-0.39, 0.29) is 18.3 Å². The Bertz CT molecular complexity index is 409. The average molecular weight is 269 g/mol. The molecule has 1 aromatic carbocycles. The van der Waals surface area contributed by atoms with Gasteiger partial charge in [0.05, 0.1) is 0 Å². The van der Waals surface area contributed by atoms with Gasteiger partial charge in [-0.05, 0) is 44.4 Å². The first-order valence-corrected chi connectivity index (χ1v) is 6.26. The molecule has 0 spiro atoms. The van der Waals surface area contributed by atoms with E-state index < -0.39 is 0 Å². The Morgan fingerprint density at radius 1 is 1.50 bits per heavy atom. The van der Waals surface area contributed by atoms with Gasteiger partial charge in [0.1, 0.15) is 0 Å². The van der Waals surface area contributed by atoms with Crippen LogP contribution in [-0.4, -0.2) is 30.4 Å². The summed E-state index contributed by atoms with van der Waals surface area (Å²) in [5.74, 6) is 0.615. The highest BCUT2D eigenvalue weighted by molar-refractivity contribution is 5.94. The number of rotatable bonds is 2. The predicted molar refractivity (Wildman–Crippen MR) is 76.1 cm³/mol. The fourth-order valence-corrected chi connectivity index (χ4v) is 2.40. The van der Waals surface area contributed by atoms with Crippen molar-refractivity contribution >= 4 is 18.3 Å². The molecule has 1 aromatic rings. The molecule has 1 unspecified atom stereocenters. The Hall–Kier alpha value is -1.06. The molecular weight excluding hydrogens is 248 g/mol. The van der Waals surface area contributed by atoms with Crippen LogP contribution >= 0.6 is 12.4 Å². The van der Waals surface area contributed by atoms with E-state index in [0.29, 0.717) is 12.5 Å². The SMILES string of the molecule is Cc1cccc(C(=O)N2CCCC(CN)C2)c1.Cl. The molecule has 1 aliphatic rings. The second-order valence-electron chi connectivity index (χ2n) is 4.86. The fourth-order valence-electron chi connectivity index (χ4n) is 2.40. The molecule has 0 saturated carbocycles. The second-order valence-corrected chi connectivity index (χ2v) is 4.86. The van der Waals surface area contributed by atoms with Gasteiger partial charge < -0.3 is 10.6 Å². The van der Waals surface area contributed by atoms with Crippen molar-refractivity contribution in [3.63, 3.8) is 0 Å². The number of carbonyl (C=O) groups excluding carboxylic acids is 1. The summed E-state index contributed by atoms with van der Waals surface area (Å²) in [6.45, 7) is 4.36. The maximum absolute atomic E-state index is 12.3. The van der Waals surface area contributed by atoms with E-state index in [1.807, 2.05) is 36.1 Å². The molecule has 1 saturated heterocycles. The van der Waals surface area contributed by atoms with E-state index in [1.54, 1.807) is 0 Å². The van der Waals surface area contributed by atoms with Crippen molar-refractivity contribution in [2.45, 2.75) is 19.8 Å². The molecule has 4 heteroatoms. The molecule has 1 fully saturated rings. The minimum atomic E-state index is 0. The highest BCUT2D eigenvalue weighted by atomic mass is 35.5. The van der Waals surface area contributed by atoms with Crippen LogP contribution in [0.15, 0.2) is 24.3 Å². The Morgan fingerprint density at radius 3 is 2.94 bits per heavy atom. The van der Waals surface area contributed by atoms with Gasteiger partial charge in [-0.3, -0.25) is 4.79 Å². The zero-order chi connectivity index (χ0) is 12.3. The second kappa shape index (κ2) is 6.76. The number of nitrogens with two attached hydrogens (primary N) is 1. The summed E-state index contributed by atoms with van der Waals surface area (Å²) < 4.78 is 0. The summed E-state index contributed by atoms with van der Waals surface area (Å²) in [7, 11) is 0. The van der Waals surface area contributed by atoms with Crippen LogP contribution in [0.3, 0.4) is 0 Å². The maximum atomic E-state index is 12.3. The minimum absolute atomic E-state index is 0. The summed E-state index contributed by atoms with van der Waals surface area (Å²) in [6.07, 6.45) is 2.22. The number of carbonyl (C=O) groups is 1. The number of likely N-dealkylation sites (tertiary alicyclic amines) is 1. The number of benzene rings is 1. The molecule has 3 nitrogen and oxygen atoms in total. The first kappa shape index (κ1) is 15.0. The molecule has 2 rings (SSSR count). The van der Waals surface area contributed by atoms with Crippen LogP contribution in [0.4, 0.5) is 0 Å². The van der Waals surface area contributed by atoms with Crippen LogP contribution in [0.5, 0.6) is 0 Å². The Balaban J connectivity index is 0.00000162. The quantitative estimate of drug-likeness (QED) is 0.894. The molecule has 1 atom stereocenters. The van der Waals surface area contributed by atoms with Crippen molar-refractivity contribution in [3.8, 4) is 0 Å². The maximum Gasteiger partial charge on any atom is 0.253 e.